The smallest absolute Gasteiger partial charge is 0.184 e. The molecular weight excluding hydrogens is 196 g/mol. The van der Waals surface area contributed by atoms with Crippen molar-refractivity contribution in [3.63, 3.8) is 0 Å². The summed E-state index contributed by atoms with van der Waals surface area (Å²) in [7, 11) is 0. The molecule has 3 nitrogen and oxygen atoms in total. The number of aliphatic hydroxyl groups is 1. The van der Waals surface area contributed by atoms with Gasteiger partial charge in [0.05, 0.1) is 5.69 Å². The minimum atomic E-state index is -0.557. The van der Waals surface area contributed by atoms with Crippen LogP contribution in [0.15, 0.2) is 5.38 Å². The highest BCUT2D eigenvalue weighted by Gasteiger charge is 2.22. The summed E-state index contributed by atoms with van der Waals surface area (Å²) in [6, 6.07) is 0. The van der Waals surface area contributed by atoms with Crippen molar-refractivity contribution in [3.05, 3.63) is 11.1 Å². The quantitative estimate of drug-likeness (QED) is 0.760. The Morgan fingerprint density at radius 2 is 2.21 bits per heavy atom. The Labute approximate surface area is 89.2 Å². The Kier molecular flexibility index (Phi) is 3.50. The van der Waals surface area contributed by atoms with Crippen LogP contribution in [-0.2, 0) is 6.42 Å². The lowest BCUT2D eigenvalue weighted by molar-refractivity contribution is 0.0880. The lowest BCUT2D eigenvalue weighted by Crippen LogP contribution is -2.33. The van der Waals surface area contributed by atoms with Gasteiger partial charge in [0.1, 0.15) is 6.23 Å². The summed E-state index contributed by atoms with van der Waals surface area (Å²) in [5.74, 6) is 0. The van der Waals surface area contributed by atoms with E-state index in [0.717, 1.165) is 17.2 Å². The van der Waals surface area contributed by atoms with Gasteiger partial charge in [0, 0.05) is 10.8 Å². The average molecular weight is 214 g/mol. The van der Waals surface area contributed by atoms with Gasteiger partial charge in [0.15, 0.2) is 5.13 Å². The van der Waals surface area contributed by atoms with E-state index in [9.17, 15) is 5.11 Å². The number of nitrogens with zero attached hydrogens (tertiary/aromatic N) is 1. The molecular formula is C10H18N2OS. The van der Waals surface area contributed by atoms with Crippen LogP contribution in [0.2, 0.25) is 0 Å². The van der Waals surface area contributed by atoms with Crippen molar-refractivity contribution < 1.29 is 5.11 Å². The zero-order chi connectivity index (χ0) is 10.8. The number of aryl methyl sites for hydroxylation is 1. The van der Waals surface area contributed by atoms with Gasteiger partial charge in [-0.15, -0.1) is 11.3 Å². The third-order valence-corrected chi connectivity index (χ3v) is 2.82. The molecule has 0 aliphatic carbocycles. The molecule has 0 aliphatic heterocycles. The summed E-state index contributed by atoms with van der Waals surface area (Å²) in [6.45, 7) is 8.02. The standard InChI is InChI=1S/C10H18N2OS/c1-5-7-6-14-9(11-7)12-8(13)10(2,3)4/h6,8,13H,5H2,1-4H3,(H,11,12). The fraction of sp³-hybridized carbons (Fsp3) is 0.700. The number of hydrogen-bond donors (Lipinski definition) is 2. The minimum Gasteiger partial charge on any atom is -0.373 e. The summed E-state index contributed by atoms with van der Waals surface area (Å²) in [4.78, 5) is 4.33. The molecule has 1 unspecified atom stereocenters. The molecule has 1 rings (SSSR count). The molecule has 1 atom stereocenters. The van der Waals surface area contributed by atoms with Gasteiger partial charge in [0.2, 0.25) is 0 Å². The number of nitrogens with one attached hydrogen (secondary N) is 1. The van der Waals surface area contributed by atoms with Crippen LogP contribution >= 0.6 is 11.3 Å². The van der Waals surface area contributed by atoms with E-state index in [-0.39, 0.29) is 5.41 Å². The van der Waals surface area contributed by atoms with Gasteiger partial charge in [-0.25, -0.2) is 4.98 Å². The minimum absolute atomic E-state index is 0.169. The van der Waals surface area contributed by atoms with Crippen LogP contribution in [0.1, 0.15) is 33.4 Å². The molecule has 0 aliphatic rings. The van der Waals surface area contributed by atoms with Gasteiger partial charge in [-0.3, -0.25) is 0 Å². The summed E-state index contributed by atoms with van der Waals surface area (Å²) in [5, 5.41) is 15.6. The normalized spacial score (nSPS) is 14.1. The molecule has 0 saturated heterocycles. The molecule has 0 radical (unpaired) electrons. The van der Waals surface area contributed by atoms with E-state index in [2.05, 4.69) is 17.2 Å². The van der Waals surface area contributed by atoms with Crippen LogP contribution in [-0.4, -0.2) is 16.3 Å². The maximum absolute atomic E-state index is 9.78. The van der Waals surface area contributed by atoms with Gasteiger partial charge < -0.3 is 10.4 Å². The highest BCUT2D eigenvalue weighted by Crippen LogP contribution is 2.23. The molecule has 0 amide bonds. The number of thiazole rings is 1. The first-order chi connectivity index (χ1) is 6.43. The lowest BCUT2D eigenvalue weighted by Gasteiger charge is -2.26. The van der Waals surface area contributed by atoms with Crippen LogP contribution < -0.4 is 5.32 Å². The molecule has 0 fully saturated rings. The average Bonchev–Trinajstić information content (AvgIpc) is 2.50. The maximum atomic E-state index is 9.78. The number of anilines is 1. The zero-order valence-corrected chi connectivity index (χ0v) is 9.98. The van der Waals surface area contributed by atoms with Crippen molar-refractivity contribution in [2.24, 2.45) is 5.41 Å². The van der Waals surface area contributed by atoms with E-state index in [4.69, 9.17) is 0 Å². The van der Waals surface area contributed by atoms with Crippen molar-refractivity contribution in [2.45, 2.75) is 40.3 Å². The van der Waals surface area contributed by atoms with E-state index in [1.165, 1.54) is 11.3 Å². The lowest BCUT2D eigenvalue weighted by atomic mass is 9.94. The van der Waals surface area contributed by atoms with Gasteiger partial charge >= 0.3 is 0 Å². The Bertz CT molecular complexity index is 291. The van der Waals surface area contributed by atoms with Crippen LogP contribution in [0.25, 0.3) is 0 Å². The summed E-state index contributed by atoms with van der Waals surface area (Å²) < 4.78 is 0. The zero-order valence-electron chi connectivity index (χ0n) is 9.16. The topological polar surface area (TPSA) is 45.1 Å². The fourth-order valence-corrected chi connectivity index (χ4v) is 1.69. The Hall–Kier alpha value is -0.610. The molecule has 0 bridgehead atoms. The van der Waals surface area contributed by atoms with Gasteiger partial charge in [-0.1, -0.05) is 27.7 Å². The predicted octanol–water partition coefficient (Wildman–Crippen LogP) is 2.48. The van der Waals surface area contributed by atoms with Crippen molar-refractivity contribution in [1.29, 1.82) is 0 Å². The molecule has 80 valence electrons. The SMILES string of the molecule is CCc1csc(NC(O)C(C)(C)C)n1. The monoisotopic (exact) mass is 214 g/mol. The second-order valence-corrected chi connectivity index (χ2v) is 5.27. The van der Waals surface area contributed by atoms with Crippen LogP contribution in [0, 0.1) is 5.41 Å². The molecule has 1 aromatic rings. The second-order valence-electron chi connectivity index (χ2n) is 4.41. The molecule has 1 aromatic heterocycles. The van der Waals surface area contributed by atoms with E-state index in [1.54, 1.807) is 0 Å². The summed E-state index contributed by atoms with van der Waals surface area (Å²) in [5.41, 5.74) is 0.900. The first kappa shape index (κ1) is 11.5. The molecule has 1 heterocycles. The third kappa shape index (κ3) is 2.96. The number of aliphatic hydroxyl groups excluding tert-OH is 1. The highest BCUT2D eigenvalue weighted by molar-refractivity contribution is 7.13. The highest BCUT2D eigenvalue weighted by atomic mass is 32.1. The molecule has 4 heteroatoms. The van der Waals surface area contributed by atoms with E-state index in [0.29, 0.717) is 0 Å². The number of hydrogen-bond acceptors (Lipinski definition) is 4. The predicted molar refractivity (Wildman–Crippen MR) is 60.6 cm³/mol. The van der Waals surface area contributed by atoms with Crippen molar-refractivity contribution >= 4 is 16.5 Å². The molecule has 0 saturated carbocycles. The molecule has 14 heavy (non-hydrogen) atoms. The Morgan fingerprint density at radius 1 is 1.57 bits per heavy atom. The van der Waals surface area contributed by atoms with Crippen LogP contribution in [0.5, 0.6) is 0 Å². The molecule has 2 N–H and O–H groups in total. The van der Waals surface area contributed by atoms with Crippen LogP contribution in [0.3, 0.4) is 0 Å². The summed E-state index contributed by atoms with van der Waals surface area (Å²) in [6.07, 6.45) is 0.377. The Morgan fingerprint density at radius 3 is 2.64 bits per heavy atom. The Balaban J connectivity index is 2.60. The summed E-state index contributed by atoms with van der Waals surface area (Å²) >= 11 is 1.54. The first-order valence-corrected chi connectivity index (χ1v) is 5.70. The second kappa shape index (κ2) is 4.28. The van der Waals surface area contributed by atoms with E-state index in [1.807, 2.05) is 26.2 Å². The maximum Gasteiger partial charge on any atom is 0.184 e. The van der Waals surface area contributed by atoms with Crippen molar-refractivity contribution in [3.8, 4) is 0 Å². The first-order valence-electron chi connectivity index (χ1n) is 4.82. The van der Waals surface area contributed by atoms with Crippen molar-refractivity contribution in [2.75, 3.05) is 5.32 Å². The fourth-order valence-electron chi connectivity index (χ4n) is 0.869. The van der Waals surface area contributed by atoms with Crippen molar-refractivity contribution in [1.82, 2.24) is 4.98 Å². The largest absolute Gasteiger partial charge is 0.373 e. The van der Waals surface area contributed by atoms with E-state index < -0.39 is 6.23 Å². The van der Waals surface area contributed by atoms with Gasteiger partial charge in [-0.2, -0.15) is 0 Å². The number of rotatable bonds is 3. The van der Waals surface area contributed by atoms with Crippen LogP contribution in [0.4, 0.5) is 5.13 Å². The third-order valence-electron chi connectivity index (χ3n) is 1.99. The molecule has 0 aromatic carbocycles. The van der Waals surface area contributed by atoms with Gasteiger partial charge in [0.25, 0.3) is 0 Å². The molecule has 0 spiro atoms. The number of aromatic nitrogens is 1. The van der Waals surface area contributed by atoms with E-state index >= 15 is 0 Å². The van der Waals surface area contributed by atoms with Gasteiger partial charge in [-0.05, 0) is 6.42 Å².